The molecule has 0 unspecified atom stereocenters. The van der Waals surface area contributed by atoms with E-state index in [1.165, 1.54) is 60.7 Å². The van der Waals surface area contributed by atoms with Gasteiger partial charge in [0.2, 0.25) is 0 Å². The normalized spacial score (nSPS) is 12.7. The molecule has 1 aromatic heterocycles. The molecule has 10 aromatic rings. The van der Waals surface area contributed by atoms with Crippen molar-refractivity contribution in [1.29, 1.82) is 0 Å². The Kier molecular flexibility index (Phi) is 8.20. The van der Waals surface area contributed by atoms with Crippen LogP contribution in [0.3, 0.4) is 0 Å². The van der Waals surface area contributed by atoms with Crippen LogP contribution in [0, 0.1) is 0 Å². The average molecular weight is 753 g/mol. The predicted molar refractivity (Wildman–Crippen MR) is 247 cm³/mol. The summed E-state index contributed by atoms with van der Waals surface area (Å²) < 4.78 is 0. The van der Waals surface area contributed by atoms with E-state index in [4.69, 9.17) is 9.97 Å². The van der Waals surface area contributed by atoms with Crippen molar-refractivity contribution >= 4 is 21.5 Å². The van der Waals surface area contributed by atoms with Gasteiger partial charge in [0.1, 0.15) is 0 Å². The first-order valence-electron chi connectivity index (χ1n) is 20.4. The molecule has 0 bridgehead atoms. The van der Waals surface area contributed by atoms with Gasteiger partial charge in [-0.05, 0) is 101 Å². The highest BCUT2D eigenvalue weighted by molar-refractivity contribution is 6.06. The summed E-state index contributed by atoms with van der Waals surface area (Å²) in [5.74, 6) is 0.702. The Morgan fingerprint density at radius 1 is 0.305 bits per heavy atom. The molecule has 11 rings (SSSR count). The summed E-state index contributed by atoms with van der Waals surface area (Å²) in [6, 6.07) is 74.3. The fourth-order valence-electron chi connectivity index (χ4n) is 9.25. The zero-order chi connectivity index (χ0) is 39.5. The molecule has 9 aromatic carbocycles. The van der Waals surface area contributed by atoms with Crippen molar-refractivity contribution in [3.8, 4) is 78.4 Å². The molecule has 0 saturated heterocycles. The smallest absolute Gasteiger partial charge is 0.160 e. The third-order valence-corrected chi connectivity index (χ3v) is 12.3. The van der Waals surface area contributed by atoms with Gasteiger partial charge in [0.15, 0.2) is 5.82 Å². The first-order chi connectivity index (χ1) is 29.0. The summed E-state index contributed by atoms with van der Waals surface area (Å²) >= 11 is 0. The highest BCUT2D eigenvalue weighted by Gasteiger charge is 2.36. The summed E-state index contributed by atoms with van der Waals surface area (Å²) in [5.41, 5.74) is 17.3. The monoisotopic (exact) mass is 752 g/mol. The van der Waals surface area contributed by atoms with Crippen molar-refractivity contribution in [1.82, 2.24) is 9.97 Å². The molecule has 0 fully saturated rings. The lowest BCUT2D eigenvalue weighted by molar-refractivity contribution is 0.661. The Bertz CT molecular complexity index is 3220. The van der Waals surface area contributed by atoms with Crippen LogP contribution in [0.1, 0.15) is 25.0 Å². The Morgan fingerprint density at radius 3 is 1.54 bits per heavy atom. The van der Waals surface area contributed by atoms with E-state index < -0.39 is 0 Å². The van der Waals surface area contributed by atoms with Gasteiger partial charge < -0.3 is 0 Å². The molecule has 1 aliphatic carbocycles. The Morgan fingerprint density at radius 2 is 0.814 bits per heavy atom. The van der Waals surface area contributed by atoms with Gasteiger partial charge >= 0.3 is 0 Å². The largest absolute Gasteiger partial charge is 0.228 e. The van der Waals surface area contributed by atoms with Crippen LogP contribution in [-0.4, -0.2) is 9.97 Å². The minimum Gasteiger partial charge on any atom is -0.228 e. The summed E-state index contributed by atoms with van der Waals surface area (Å²) in [6.45, 7) is 4.71. The lowest BCUT2D eigenvalue weighted by Gasteiger charge is -2.22. The number of fused-ring (bicyclic) bond motifs is 5. The highest BCUT2D eigenvalue weighted by Crippen LogP contribution is 2.51. The Balaban J connectivity index is 1.05. The number of hydrogen-bond acceptors (Lipinski definition) is 2. The molecular weight excluding hydrogens is 713 g/mol. The second-order valence-electron chi connectivity index (χ2n) is 16.2. The summed E-state index contributed by atoms with van der Waals surface area (Å²) in [5, 5.41) is 4.92. The molecule has 59 heavy (non-hydrogen) atoms. The van der Waals surface area contributed by atoms with Gasteiger partial charge in [-0.3, -0.25) is 0 Å². The van der Waals surface area contributed by atoms with Crippen molar-refractivity contribution in [3.63, 3.8) is 0 Å². The van der Waals surface area contributed by atoms with E-state index in [0.29, 0.717) is 5.82 Å². The zero-order valence-electron chi connectivity index (χ0n) is 33.0. The van der Waals surface area contributed by atoms with Crippen LogP contribution in [0.15, 0.2) is 206 Å². The molecule has 0 saturated carbocycles. The maximum Gasteiger partial charge on any atom is 0.160 e. The van der Waals surface area contributed by atoms with E-state index in [0.717, 1.165) is 44.6 Å². The van der Waals surface area contributed by atoms with Crippen LogP contribution in [0.4, 0.5) is 0 Å². The second kappa shape index (κ2) is 13.9. The fourth-order valence-corrected chi connectivity index (χ4v) is 9.25. The lowest BCUT2D eigenvalue weighted by atomic mass is 9.81. The Hall–Kier alpha value is -7.42. The van der Waals surface area contributed by atoms with Gasteiger partial charge in [0, 0.05) is 22.1 Å². The third-order valence-electron chi connectivity index (χ3n) is 12.3. The maximum atomic E-state index is 5.30. The molecule has 1 aliphatic rings. The predicted octanol–water partition coefficient (Wildman–Crippen LogP) is 15.1. The molecule has 2 heteroatoms. The standard InChI is InChI=1S/C57H40N2/c1-57(2)52-32-29-43(34-50(52)51-33-41-19-9-10-20-42(41)35-53(51)57)45-30-31-49(47-23-13-12-22-46(45)47)55-36-54(58-56(59-55)40-17-7-4-8-18-40)48-24-14-11-21-44(48)39-27-25-38(26-28-39)37-15-5-3-6-16-37/h3-36H,1-2H3. The van der Waals surface area contributed by atoms with Crippen LogP contribution in [0.2, 0.25) is 0 Å². The number of aromatic nitrogens is 2. The van der Waals surface area contributed by atoms with Crippen molar-refractivity contribution in [3.05, 3.63) is 217 Å². The van der Waals surface area contributed by atoms with Gasteiger partial charge in [0.25, 0.3) is 0 Å². The van der Waals surface area contributed by atoms with E-state index in [9.17, 15) is 0 Å². The molecule has 1 heterocycles. The van der Waals surface area contributed by atoms with Crippen LogP contribution in [0.5, 0.6) is 0 Å². The van der Waals surface area contributed by atoms with Crippen LogP contribution in [-0.2, 0) is 5.41 Å². The summed E-state index contributed by atoms with van der Waals surface area (Å²) in [7, 11) is 0. The molecule has 0 aliphatic heterocycles. The third kappa shape index (κ3) is 5.96. The first kappa shape index (κ1) is 34.8. The Labute approximate surface area is 345 Å². The molecule has 0 atom stereocenters. The molecular formula is C57H40N2. The van der Waals surface area contributed by atoms with Crippen LogP contribution < -0.4 is 0 Å². The number of benzene rings is 9. The number of hydrogen-bond donors (Lipinski definition) is 0. The first-order valence-corrected chi connectivity index (χ1v) is 20.4. The highest BCUT2D eigenvalue weighted by atomic mass is 14.9. The van der Waals surface area contributed by atoms with Crippen molar-refractivity contribution < 1.29 is 0 Å². The second-order valence-corrected chi connectivity index (χ2v) is 16.2. The zero-order valence-corrected chi connectivity index (χ0v) is 33.0. The maximum absolute atomic E-state index is 5.30. The summed E-state index contributed by atoms with van der Waals surface area (Å²) in [6.07, 6.45) is 0. The van der Waals surface area contributed by atoms with Crippen molar-refractivity contribution in [2.24, 2.45) is 0 Å². The lowest BCUT2D eigenvalue weighted by Crippen LogP contribution is -2.14. The van der Waals surface area contributed by atoms with Gasteiger partial charge in [-0.25, -0.2) is 9.97 Å². The minimum absolute atomic E-state index is 0.0788. The molecule has 278 valence electrons. The van der Waals surface area contributed by atoms with E-state index in [1.54, 1.807) is 0 Å². The van der Waals surface area contributed by atoms with Crippen LogP contribution in [0.25, 0.3) is 100.0 Å². The van der Waals surface area contributed by atoms with Gasteiger partial charge in [0.05, 0.1) is 11.4 Å². The van der Waals surface area contributed by atoms with Gasteiger partial charge in [-0.1, -0.05) is 196 Å². The molecule has 0 spiro atoms. The molecule has 0 radical (unpaired) electrons. The molecule has 0 N–H and O–H groups in total. The molecule has 2 nitrogen and oxygen atoms in total. The van der Waals surface area contributed by atoms with E-state index >= 15 is 0 Å². The van der Waals surface area contributed by atoms with Crippen molar-refractivity contribution in [2.45, 2.75) is 19.3 Å². The molecule has 0 amide bonds. The van der Waals surface area contributed by atoms with Crippen LogP contribution >= 0.6 is 0 Å². The van der Waals surface area contributed by atoms with E-state index in [-0.39, 0.29) is 5.41 Å². The quantitative estimate of drug-likeness (QED) is 0.169. The van der Waals surface area contributed by atoms with Crippen molar-refractivity contribution in [2.75, 3.05) is 0 Å². The fraction of sp³-hybridized carbons (Fsp3) is 0.0526. The van der Waals surface area contributed by atoms with E-state index in [2.05, 4.69) is 214 Å². The summed E-state index contributed by atoms with van der Waals surface area (Å²) in [4.78, 5) is 10.6. The number of rotatable bonds is 6. The van der Waals surface area contributed by atoms with Gasteiger partial charge in [-0.2, -0.15) is 0 Å². The number of nitrogens with zero attached hydrogens (tertiary/aromatic N) is 2. The average Bonchev–Trinajstić information content (AvgIpc) is 3.52. The van der Waals surface area contributed by atoms with Gasteiger partial charge in [-0.15, -0.1) is 0 Å². The topological polar surface area (TPSA) is 25.8 Å². The SMILES string of the molecule is CC1(C)c2ccc(-c3ccc(-c4cc(-c5ccccc5-c5ccc(-c6ccccc6)cc5)nc(-c5ccccc5)n4)c4ccccc34)cc2-c2cc3ccccc3cc21. The minimum atomic E-state index is -0.0788. The van der Waals surface area contributed by atoms with E-state index in [1.807, 2.05) is 6.07 Å².